The fourth-order valence-corrected chi connectivity index (χ4v) is 2.21. The molecule has 0 rings (SSSR count). The molecule has 16 heavy (non-hydrogen) atoms. The molecule has 0 aliphatic rings. The molecule has 0 heterocycles. The van der Waals surface area contributed by atoms with Gasteiger partial charge in [-0.25, -0.2) is 0 Å². The predicted molar refractivity (Wildman–Crippen MR) is 73.4 cm³/mol. The second-order valence-corrected chi connectivity index (χ2v) is 5.00. The zero-order valence-corrected chi connectivity index (χ0v) is 11.4. The van der Waals surface area contributed by atoms with E-state index < -0.39 is 0 Å². The van der Waals surface area contributed by atoms with Gasteiger partial charge >= 0.3 is 0 Å². The van der Waals surface area contributed by atoms with Gasteiger partial charge in [0.2, 0.25) is 0 Å². The van der Waals surface area contributed by atoms with E-state index in [-0.39, 0.29) is 0 Å². The predicted octanol–water partition coefficient (Wildman–Crippen LogP) is 3.44. The highest BCUT2D eigenvalue weighted by atomic mass is 14.7. The summed E-state index contributed by atoms with van der Waals surface area (Å²) in [7, 11) is 0. The van der Waals surface area contributed by atoms with Crippen molar-refractivity contribution in [3.63, 3.8) is 0 Å². The van der Waals surface area contributed by atoms with Gasteiger partial charge in [0, 0.05) is 6.04 Å². The van der Waals surface area contributed by atoms with Gasteiger partial charge in [-0.3, -0.25) is 0 Å². The molecule has 0 aromatic carbocycles. The molecule has 0 saturated carbocycles. The molecule has 4 N–H and O–H groups in total. The Morgan fingerprint density at radius 3 is 1.94 bits per heavy atom. The van der Waals surface area contributed by atoms with Crippen molar-refractivity contribution in [3.8, 4) is 0 Å². The molecule has 0 aliphatic carbocycles. The number of unbranched alkanes of at least 4 members (excludes halogenated alkanes) is 5. The second-order valence-electron chi connectivity index (χ2n) is 5.00. The summed E-state index contributed by atoms with van der Waals surface area (Å²) in [5.74, 6) is 0.549. The molecule has 2 atom stereocenters. The van der Waals surface area contributed by atoms with Crippen molar-refractivity contribution in [1.29, 1.82) is 0 Å². The lowest BCUT2D eigenvalue weighted by atomic mass is 9.90. The van der Waals surface area contributed by atoms with Crippen LogP contribution in [-0.4, -0.2) is 12.6 Å². The maximum Gasteiger partial charge on any atom is 0.00792 e. The molecular weight excluding hydrogens is 196 g/mol. The van der Waals surface area contributed by atoms with E-state index >= 15 is 0 Å². The highest BCUT2D eigenvalue weighted by Gasteiger charge is 2.15. The van der Waals surface area contributed by atoms with Crippen molar-refractivity contribution in [2.45, 2.75) is 77.7 Å². The van der Waals surface area contributed by atoms with E-state index in [2.05, 4.69) is 13.8 Å². The summed E-state index contributed by atoms with van der Waals surface area (Å²) in [5.41, 5.74) is 12.0. The molecule has 2 heteroatoms. The van der Waals surface area contributed by atoms with Crippen LogP contribution >= 0.6 is 0 Å². The van der Waals surface area contributed by atoms with Crippen LogP contribution in [0.25, 0.3) is 0 Å². The Morgan fingerprint density at radius 1 is 0.812 bits per heavy atom. The van der Waals surface area contributed by atoms with Crippen molar-refractivity contribution in [2.75, 3.05) is 6.54 Å². The summed E-state index contributed by atoms with van der Waals surface area (Å²) < 4.78 is 0. The lowest BCUT2D eigenvalue weighted by molar-refractivity contribution is 0.361. The average molecular weight is 228 g/mol. The Labute approximate surface area is 102 Å². The van der Waals surface area contributed by atoms with Crippen molar-refractivity contribution in [1.82, 2.24) is 0 Å². The molecule has 98 valence electrons. The largest absolute Gasteiger partial charge is 0.330 e. The van der Waals surface area contributed by atoms with Gasteiger partial charge in [-0.2, -0.15) is 0 Å². The van der Waals surface area contributed by atoms with Gasteiger partial charge in [-0.15, -0.1) is 0 Å². The molecule has 0 aromatic rings. The topological polar surface area (TPSA) is 52.0 Å². The number of hydrogen-bond acceptors (Lipinski definition) is 2. The monoisotopic (exact) mass is 228 g/mol. The van der Waals surface area contributed by atoms with Crippen LogP contribution in [0.2, 0.25) is 0 Å². The van der Waals surface area contributed by atoms with Crippen LogP contribution in [0.4, 0.5) is 0 Å². The fraction of sp³-hybridized carbons (Fsp3) is 1.00. The van der Waals surface area contributed by atoms with Gasteiger partial charge in [-0.1, -0.05) is 58.8 Å². The Bertz CT molecular complexity index is 137. The van der Waals surface area contributed by atoms with E-state index in [4.69, 9.17) is 11.5 Å². The van der Waals surface area contributed by atoms with Crippen molar-refractivity contribution in [2.24, 2.45) is 17.4 Å². The summed E-state index contributed by atoms with van der Waals surface area (Å²) >= 11 is 0. The molecule has 0 bridgehead atoms. The zero-order chi connectivity index (χ0) is 12.2. The molecule has 0 radical (unpaired) electrons. The summed E-state index contributed by atoms with van der Waals surface area (Å²) in [6, 6.07) is 0.332. The van der Waals surface area contributed by atoms with Gasteiger partial charge in [0.05, 0.1) is 0 Å². The van der Waals surface area contributed by atoms with E-state index in [0.29, 0.717) is 12.0 Å². The third-order valence-corrected chi connectivity index (χ3v) is 3.48. The summed E-state index contributed by atoms with van der Waals surface area (Å²) in [5, 5.41) is 0. The molecule has 0 aliphatic heterocycles. The molecule has 2 unspecified atom stereocenters. The van der Waals surface area contributed by atoms with Gasteiger partial charge in [0.15, 0.2) is 0 Å². The zero-order valence-electron chi connectivity index (χ0n) is 11.4. The van der Waals surface area contributed by atoms with Gasteiger partial charge in [0.25, 0.3) is 0 Å². The Kier molecular flexibility index (Phi) is 11.3. The first-order valence-corrected chi connectivity index (χ1v) is 7.21. The fourth-order valence-electron chi connectivity index (χ4n) is 2.21. The lowest BCUT2D eigenvalue weighted by Crippen LogP contribution is -2.35. The Balaban J connectivity index is 3.60. The number of nitrogens with two attached hydrogens (primary N) is 2. The second kappa shape index (κ2) is 11.4. The van der Waals surface area contributed by atoms with Crippen molar-refractivity contribution in [3.05, 3.63) is 0 Å². The van der Waals surface area contributed by atoms with Crippen LogP contribution < -0.4 is 11.5 Å². The van der Waals surface area contributed by atoms with E-state index in [0.717, 1.165) is 13.0 Å². The van der Waals surface area contributed by atoms with E-state index in [1.807, 2.05) is 0 Å². The van der Waals surface area contributed by atoms with Gasteiger partial charge < -0.3 is 11.5 Å². The third kappa shape index (κ3) is 8.12. The molecule has 0 aromatic heterocycles. The quantitative estimate of drug-likeness (QED) is 0.532. The molecule has 2 nitrogen and oxygen atoms in total. The van der Waals surface area contributed by atoms with Crippen LogP contribution in [0, 0.1) is 5.92 Å². The lowest BCUT2D eigenvalue weighted by Gasteiger charge is -2.22. The minimum Gasteiger partial charge on any atom is -0.330 e. The van der Waals surface area contributed by atoms with E-state index in [1.54, 1.807) is 0 Å². The van der Waals surface area contributed by atoms with Crippen LogP contribution in [0.5, 0.6) is 0 Å². The normalized spacial score (nSPS) is 15.0. The van der Waals surface area contributed by atoms with Crippen LogP contribution in [0.1, 0.15) is 71.6 Å². The standard InChI is InChI=1S/C14H32N2/c1-3-5-7-9-11-14(16)13(12-15)10-8-6-4-2/h13-14H,3-12,15-16H2,1-2H3. The van der Waals surface area contributed by atoms with Crippen LogP contribution in [0.15, 0.2) is 0 Å². The SMILES string of the molecule is CCCCCCC(N)C(CN)CCCCC. The van der Waals surface area contributed by atoms with Crippen LogP contribution in [0.3, 0.4) is 0 Å². The van der Waals surface area contributed by atoms with Gasteiger partial charge in [0.1, 0.15) is 0 Å². The smallest absolute Gasteiger partial charge is 0.00792 e. The first-order chi connectivity index (χ1) is 7.76. The molecular formula is C14H32N2. The summed E-state index contributed by atoms with van der Waals surface area (Å²) in [4.78, 5) is 0. The first kappa shape index (κ1) is 15.9. The highest BCUT2D eigenvalue weighted by Crippen LogP contribution is 2.16. The van der Waals surface area contributed by atoms with Crippen molar-refractivity contribution >= 4 is 0 Å². The van der Waals surface area contributed by atoms with Gasteiger partial charge in [-0.05, 0) is 25.3 Å². The average Bonchev–Trinajstić information content (AvgIpc) is 2.30. The number of rotatable bonds is 11. The Hall–Kier alpha value is -0.0800. The molecule has 0 fully saturated rings. The molecule has 0 saturated heterocycles. The molecule has 0 amide bonds. The van der Waals surface area contributed by atoms with E-state index in [1.165, 1.54) is 51.4 Å². The Morgan fingerprint density at radius 2 is 1.38 bits per heavy atom. The summed E-state index contributed by atoms with van der Waals surface area (Å²) in [6.07, 6.45) is 11.5. The van der Waals surface area contributed by atoms with E-state index in [9.17, 15) is 0 Å². The third-order valence-electron chi connectivity index (χ3n) is 3.48. The first-order valence-electron chi connectivity index (χ1n) is 7.21. The minimum atomic E-state index is 0.332. The maximum atomic E-state index is 6.21. The summed E-state index contributed by atoms with van der Waals surface area (Å²) in [6.45, 7) is 5.24. The maximum absolute atomic E-state index is 6.21. The van der Waals surface area contributed by atoms with Crippen molar-refractivity contribution < 1.29 is 0 Å². The van der Waals surface area contributed by atoms with Crippen LogP contribution in [-0.2, 0) is 0 Å². The minimum absolute atomic E-state index is 0.332. The number of hydrogen-bond donors (Lipinski definition) is 2. The molecule has 0 spiro atoms. The highest BCUT2D eigenvalue weighted by molar-refractivity contribution is 4.73.